The molecular weight excluding hydrogens is 470 g/mol. The molecule has 5 nitrogen and oxygen atoms in total. The molecule has 0 bridgehead atoms. The number of hydrogen-bond acceptors (Lipinski definition) is 3. The molecular formula is C21H32FIN4O. The number of aliphatic imine (C=N–C) groups is 1. The van der Waals surface area contributed by atoms with Crippen molar-refractivity contribution in [2.24, 2.45) is 10.9 Å². The highest BCUT2D eigenvalue weighted by molar-refractivity contribution is 14.0. The summed E-state index contributed by atoms with van der Waals surface area (Å²) >= 11 is 0. The van der Waals surface area contributed by atoms with Crippen LogP contribution in [0.5, 0.6) is 0 Å². The van der Waals surface area contributed by atoms with E-state index in [0.29, 0.717) is 12.0 Å². The largest absolute Gasteiger partial charge is 0.381 e. The number of rotatable bonds is 5. The van der Waals surface area contributed by atoms with Crippen molar-refractivity contribution in [2.45, 2.75) is 43.7 Å². The Hall–Kier alpha value is -0.930. The van der Waals surface area contributed by atoms with Gasteiger partial charge in [0.15, 0.2) is 5.96 Å². The molecule has 1 aromatic carbocycles. The van der Waals surface area contributed by atoms with Crippen LogP contribution in [-0.2, 0) is 4.74 Å². The van der Waals surface area contributed by atoms with Crippen LogP contribution in [-0.4, -0.2) is 62.8 Å². The third kappa shape index (κ3) is 5.57. The number of guanidine groups is 1. The van der Waals surface area contributed by atoms with E-state index in [2.05, 4.69) is 20.5 Å². The van der Waals surface area contributed by atoms with Gasteiger partial charge in [0, 0.05) is 51.3 Å². The average Bonchev–Trinajstić information content (AvgIpc) is 3.24. The fourth-order valence-corrected chi connectivity index (χ4v) is 4.37. The number of ether oxygens (including phenoxy) is 1. The smallest absolute Gasteiger partial charge is 0.191 e. The lowest BCUT2D eigenvalue weighted by atomic mass is 10.0. The Labute approximate surface area is 184 Å². The fraction of sp³-hybridized carbons (Fsp3) is 0.667. The van der Waals surface area contributed by atoms with Gasteiger partial charge in [0.1, 0.15) is 5.82 Å². The van der Waals surface area contributed by atoms with Crippen LogP contribution in [0.4, 0.5) is 4.39 Å². The van der Waals surface area contributed by atoms with Gasteiger partial charge in [0.2, 0.25) is 0 Å². The Balaban J connectivity index is 0.00000225. The monoisotopic (exact) mass is 502 g/mol. The molecule has 2 heterocycles. The van der Waals surface area contributed by atoms with Crippen molar-refractivity contribution in [3.05, 3.63) is 35.6 Å². The summed E-state index contributed by atoms with van der Waals surface area (Å²) in [5.74, 6) is 1.71. The summed E-state index contributed by atoms with van der Waals surface area (Å²) in [6, 6.07) is 7.82. The van der Waals surface area contributed by atoms with Gasteiger partial charge in [-0.3, -0.25) is 4.99 Å². The number of benzene rings is 1. The highest BCUT2D eigenvalue weighted by Gasteiger charge is 2.40. The van der Waals surface area contributed by atoms with E-state index in [-0.39, 0.29) is 41.8 Å². The number of nitrogens with one attached hydrogen (secondary N) is 2. The van der Waals surface area contributed by atoms with E-state index < -0.39 is 0 Å². The van der Waals surface area contributed by atoms with Gasteiger partial charge in [-0.05, 0) is 43.2 Å². The molecule has 4 rings (SSSR count). The van der Waals surface area contributed by atoms with Crippen molar-refractivity contribution in [3.63, 3.8) is 0 Å². The highest BCUT2D eigenvalue weighted by Crippen LogP contribution is 2.41. The van der Waals surface area contributed by atoms with E-state index in [9.17, 15) is 4.39 Å². The van der Waals surface area contributed by atoms with Crippen LogP contribution < -0.4 is 10.6 Å². The number of hydrogen-bond donors (Lipinski definition) is 2. The van der Waals surface area contributed by atoms with Crippen LogP contribution in [0.3, 0.4) is 0 Å². The summed E-state index contributed by atoms with van der Waals surface area (Å²) in [7, 11) is 1.81. The van der Waals surface area contributed by atoms with Crippen LogP contribution >= 0.6 is 24.0 Å². The molecule has 2 aliphatic heterocycles. The minimum Gasteiger partial charge on any atom is -0.381 e. The normalized spacial score (nSPS) is 28.6. The molecule has 28 heavy (non-hydrogen) atoms. The van der Waals surface area contributed by atoms with Gasteiger partial charge in [0.05, 0.1) is 6.61 Å². The number of piperidine rings is 1. The van der Waals surface area contributed by atoms with E-state index in [4.69, 9.17) is 4.74 Å². The van der Waals surface area contributed by atoms with Crippen LogP contribution in [0.15, 0.2) is 29.3 Å². The van der Waals surface area contributed by atoms with Crippen molar-refractivity contribution < 1.29 is 9.13 Å². The first-order valence-corrected chi connectivity index (χ1v) is 10.3. The zero-order valence-electron chi connectivity index (χ0n) is 16.6. The summed E-state index contributed by atoms with van der Waals surface area (Å²) in [5, 5.41) is 7.05. The molecule has 3 fully saturated rings. The van der Waals surface area contributed by atoms with Gasteiger partial charge in [0.25, 0.3) is 0 Å². The molecule has 1 aromatic rings. The molecule has 3 atom stereocenters. The van der Waals surface area contributed by atoms with E-state index in [0.717, 1.165) is 57.1 Å². The summed E-state index contributed by atoms with van der Waals surface area (Å²) in [5.41, 5.74) is 0.814. The molecule has 156 valence electrons. The van der Waals surface area contributed by atoms with Gasteiger partial charge >= 0.3 is 0 Å². The zero-order chi connectivity index (χ0) is 18.6. The van der Waals surface area contributed by atoms with Crippen molar-refractivity contribution in [1.29, 1.82) is 0 Å². The first kappa shape index (κ1) is 21.8. The third-order valence-electron chi connectivity index (χ3n) is 6.11. The van der Waals surface area contributed by atoms with E-state index in [1.807, 2.05) is 19.2 Å². The average molecular weight is 502 g/mol. The van der Waals surface area contributed by atoms with Crippen LogP contribution in [0.25, 0.3) is 0 Å². The molecule has 2 saturated heterocycles. The van der Waals surface area contributed by atoms with Crippen LogP contribution in [0, 0.1) is 11.7 Å². The van der Waals surface area contributed by atoms with Crippen molar-refractivity contribution in [1.82, 2.24) is 15.5 Å². The van der Waals surface area contributed by atoms with Gasteiger partial charge in [-0.1, -0.05) is 18.2 Å². The number of nitrogens with zero attached hydrogens (tertiary/aromatic N) is 2. The van der Waals surface area contributed by atoms with Crippen LogP contribution in [0.2, 0.25) is 0 Å². The second kappa shape index (κ2) is 10.2. The van der Waals surface area contributed by atoms with Gasteiger partial charge in [-0.15, -0.1) is 24.0 Å². The van der Waals surface area contributed by atoms with Gasteiger partial charge < -0.3 is 20.3 Å². The molecule has 0 amide bonds. The van der Waals surface area contributed by atoms with E-state index in [1.165, 1.54) is 13.0 Å². The Morgan fingerprint density at radius 2 is 2.00 bits per heavy atom. The van der Waals surface area contributed by atoms with Crippen LogP contribution in [0.1, 0.15) is 37.2 Å². The van der Waals surface area contributed by atoms with Crippen molar-refractivity contribution in [2.75, 3.05) is 39.9 Å². The van der Waals surface area contributed by atoms with Crippen molar-refractivity contribution in [3.8, 4) is 0 Å². The maximum atomic E-state index is 13.9. The molecule has 3 aliphatic rings. The second-order valence-corrected chi connectivity index (χ2v) is 8.14. The van der Waals surface area contributed by atoms with Gasteiger partial charge in [-0.2, -0.15) is 0 Å². The Morgan fingerprint density at radius 3 is 2.68 bits per heavy atom. The molecule has 1 saturated carbocycles. The first-order valence-electron chi connectivity index (χ1n) is 10.3. The summed E-state index contributed by atoms with van der Waals surface area (Å²) in [6.45, 7) is 5.30. The predicted molar refractivity (Wildman–Crippen MR) is 121 cm³/mol. The third-order valence-corrected chi connectivity index (χ3v) is 6.11. The van der Waals surface area contributed by atoms with Gasteiger partial charge in [-0.25, -0.2) is 4.39 Å². The first-order chi connectivity index (χ1) is 13.2. The Kier molecular flexibility index (Phi) is 7.93. The topological polar surface area (TPSA) is 48.9 Å². The quantitative estimate of drug-likeness (QED) is 0.370. The lowest BCUT2D eigenvalue weighted by molar-refractivity contribution is 0.150. The predicted octanol–water partition coefficient (Wildman–Crippen LogP) is 2.97. The molecule has 2 N–H and O–H groups in total. The fourth-order valence-electron chi connectivity index (χ4n) is 4.37. The SMILES string of the molecule is CN=C(NC1CCN(CC2CCOC2)CC1)NC1CC1c1ccccc1F.I. The molecule has 0 radical (unpaired) electrons. The molecule has 0 aromatic heterocycles. The van der Waals surface area contributed by atoms with Crippen molar-refractivity contribution >= 4 is 29.9 Å². The highest BCUT2D eigenvalue weighted by atomic mass is 127. The molecule has 1 aliphatic carbocycles. The summed E-state index contributed by atoms with van der Waals surface area (Å²) in [4.78, 5) is 6.96. The van der Waals surface area contributed by atoms with E-state index >= 15 is 0 Å². The lowest BCUT2D eigenvalue weighted by Gasteiger charge is -2.34. The number of halogens is 2. The summed E-state index contributed by atoms with van der Waals surface area (Å²) in [6.07, 6.45) is 4.44. The summed E-state index contributed by atoms with van der Waals surface area (Å²) < 4.78 is 19.4. The Morgan fingerprint density at radius 1 is 1.21 bits per heavy atom. The molecule has 0 spiro atoms. The molecule has 3 unspecified atom stereocenters. The minimum absolute atomic E-state index is 0. The Bertz CT molecular complexity index is 660. The molecule has 7 heteroatoms. The standard InChI is InChI=1S/C21H31FN4O.HI/c1-23-21(25-20-12-18(20)17-4-2-3-5-19(17)22)24-16-6-9-26(10-7-16)13-15-8-11-27-14-15;/h2-5,15-16,18,20H,6-14H2,1H3,(H2,23,24,25);1H. The second-order valence-electron chi connectivity index (χ2n) is 8.14. The minimum atomic E-state index is -0.102. The zero-order valence-corrected chi connectivity index (χ0v) is 18.9. The number of likely N-dealkylation sites (tertiary alicyclic amines) is 1. The lowest BCUT2D eigenvalue weighted by Crippen LogP contribution is -2.49. The maximum absolute atomic E-state index is 13.9. The van der Waals surface area contributed by atoms with E-state index in [1.54, 1.807) is 12.1 Å². The maximum Gasteiger partial charge on any atom is 0.191 e.